The van der Waals surface area contributed by atoms with E-state index in [-0.39, 0.29) is 0 Å². The van der Waals surface area contributed by atoms with Crippen molar-refractivity contribution in [3.05, 3.63) is 42.5 Å². The first-order valence-electron chi connectivity index (χ1n) is 6.31. The van der Waals surface area contributed by atoms with E-state index in [4.69, 9.17) is 5.73 Å². The molecular formula is C14H16N2O2S. The highest BCUT2D eigenvalue weighted by atomic mass is 32.2. The maximum atomic E-state index is 12.6. The molecule has 3 rings (SSSR count). The molecule has 0 amide bonds. The molecule has 1 aliphatic heterocycles. The van der Waals surface area contributed by atoms with Crippen LogP contribution in [-0.4, -0.2) is 32.4 Å². The predicted octanol–water partition coefficient (Wildman–Crippen LogP) is 1.42. The minimum atomic E-state index is -3.39. The highest BCUT2D eigenvalue weighted by molar-refractivity contribution is 7.89. The Morgan fingerprint density at radius 1 is 1.11 bits per heavy atom. The number of nitrogens with two attached hydrogens (primary N) is 1. The Labute approximate surface area is 112 Å². The Hall–Kier alpha value is -1.43. The van der Waals surface area contributed by atoms with Gasteiger partial charge in [-0.05, 0) is 23.9 Å². The maximum absolute atomic E-state index is 12.6. The summed E-state index contributed by atoms with van der Waals surface area (Å²) < 4.78 is 26.7. The second-order valence-electron chi connectivity index (χ2n) is 4.90. The Balaban J connectivity index is 2.05. The second-order valence-corrected chi connectivity index (χ2v) is 6.81. The Morgan fingerprint density at radius 2 is 1.79 bits per heavy atom. The lowest BCUT2D eigenvalue weighted by Crippen LogP contribution is -2.52. The number of fused-ring (bicyclic) bond motifs is 1. The summed E-state index contributed by atoms with van der Waals surface area (Å²) in [5.41, 5.74) is 5.55. The fourth-order valence-electron chi connectivity index (χ4n) is 2.43. The lowest BCUT2D eigenvalue weighted by Gasteiger charge is -2.37. The molecule has 0 unspecified atom stereocenters. The molecule has 1 aliphatic rings. The molecule has 0 spiro atoms. The summed E-state index contributed by atoms with van der Waals surface area (Å²) >= 11 is 0. The molecule has 0 aliphatic carbocycles. The van der Waals surface area contributed by atoms with Crippen LogP contribution in [0.4, 0.5) is 0 Å². The summed E-state index contributed by atoms with van der Waals surface area (Å²) in [5.74, 6) is 0.296. The third-order valence-corrected chi connectivity index (χ3v) is 5.51. The van der Waals surface area contributed by atoms with E-state index in [2.05, 4.69) is 0 Å². The zero-order valence-electron chi connectivity index (χ0n) is 10.5. The number of hydrogen-bond acceptors (Lipinski definition) is 3. The molecule has 2 aromatic rings. The van der Waals surface area contributed by atoms with Crippen LogP contribution < -0.4 is 5.73 Å². The molecule has 1 fully saturated rings. The molecule has 1 saturated heterocycles. The van der Waals surface area contributed by atoms with Crippen LogP contribution in [0.1, 0.15) is 0 Å². The van der Waals surface area contributed by atoms with Crippen LogP contribution in [0.15, 0.2) is 47.4 Å². The fourth-order valence-corrected chi connectivity index (χ4v) is 4.23. The third kappa shape index (κ3) is 2.04. The van der Waals surface area contributed by atoms with Gasteiger partial charge in [-0.15, -0.1) is 0 Å². The van der Waals surface area contributed by atoms with E-state index in [1.54, 1.807) is 12.1 Å². The molecule has 2 aromatic carbocycles. The van der Waals surface area contributed by atoms with Gasteiger partial charge in [0.2, 0.25) is 10.0 Å². The molecule has 1 heterocycles. The first-order chi connectivity index (χ1) is 9.13. The lowest BCUT2D eigenvalue weighted by molar-refractivity contribution is 0.207. The van der Waals surface area contributed by atoms with E-state index in [9.17, 15) is 8.42 Å². The van der Waals surface area contributed by atoms with Gasteiger partial charge in [-0.25, -0.2) is 8.42 Å². The van der Waals surface area contributed by atoms with Crippen molar-refractivity contribution in [2.45, 2.75) is 4.90 Å². The van der Waals surface area contributed by atoms with Crippen molar-refractivity contribution in [1.29, 1.82) is 0 Å². The Morgan fingerprint density at radius 3 is 2.53 bits per heavy atom. The Bertz CT molecular complexity index is 701. The maximum Gasteiger partial charge on any atom is 0.243 e. The van der Waals surface area contributed by atoms with Crippen molar-refractivity contribution in [2.24, 2.45) is 11.7 Å². The summed E-state index contributed by atoms with van der Waals surface area (Å²) in [4.78, 5) is 0.390. The number of benzene rings is 2. The predicted molar refractivity (Wildman–Crippen MR) is 75.3 cm³/mol. The van der Waals surface area contributed by atoms with Crippen LogP contribution in [0.25, 0.3) is 10.8 Å². The van der Waals surface area contributed by atoms with Gasteiger partial charge in [-0.1, -0.05) is 36.4 Å². The van der Waals surface area contributed by atoms with Crippen molar-refractivity contribution in [1.82, 2.24) is 4.31 Å². The summed E-state index contributed by atoms with van der Waals surface area (Å²) in [7, 11) is -3.39. The van der Waals surface area contributed by atoms with E-state index in [1.165, 1.54) is 4.31 Å². The van der Waals surface area contributed by atoms with Crippen molar-refractivity contribution >= 4 is 20.8 Å². The van der Waals surface area contributed by atoms with Gasteiger partial charge in [0, 0.05) is 18.5 Å². The molecule has 100 valence electrons. The van der Waals surface area contributed by atoms with Gasteiger partial charge in [-0.2, -0.15) is 4.31 Å². The zero-order valence-corrected chi connectivity index (χ0v) is 11.3. The van der Waals surface area contributed by atoms with Gasteiger partial charge in [0.15, 0.2) is 0 Å². The van der Waals surface area contributed by atoms with Gasteiger partial charge >= 0.3 is 0 Å². The van der Waals surface area contributed by atoms with Crippen molar-refractivity contribution < 1.29 is 8.42 Å². The average Bonchev–Trinajstić information content (AvgIpc) is 2.36. The topological polar surface area (TPSA) is 63.4 Å². The quantitative estimate of drug-likeness (QED) is 0.922. The van der Waals surface area contributed by atoms with Crippen LogP contribution in [-0.2, 0) is 10.0 Å². The molecule has 0 aromatic heterocycles. The van der Waals surface area contributed by atoms with Crippen molar-refractivity contribution in [3.8, 4) is 0 Å². The third-order valence-electron chi connectivity index (χ3n) is 3.62. The number of sulfonamides is 1. The standard InChI is InChI=1S/C14H16N2O2S/c15-8-11-9-16(10-11)19(17,18)14-7-3-5-12-4-1-2-6-13(12)14/h1-7,11H,8-10,15H2. The minimum Gasteiger partial charge on any atom is -0.330 e. The normalized spacial score (nSPS) is 17.5. The number of rotatable bonds is 3. The van der Waals surface area contributed by atoms with Gasteiger partial charge < -0.3 is 5.73 Å². The van der Waals surface area contributed by atoms with Gasteiger partial charge in [0.1, 0.15) is 0 Å². The van der Waals surface area contributed by atoms with Gasteiger partial charge in [0.05, 0.1) is 4.90 Å². The molecule has 4 nitrogen and oxygen atoms in total. The monoisotopic (exact) mass is 276 g/mol. The summed E-state index contributed by atoms with van der Waals surface area (Å²) in [6.45, 7) is 1.60. The second kappa shape index (κ2) is 4.59. The van der Waals surface area contributed by atoms with E-state index >= 15 is 0 Å². The van der Waals surface area contributed by atoms with Crippen molar-refractivity contribution in [2.75, 3.05) is 19.6 Å². The molecule has 0 radical (unpaired) electrons. The van der Waals surface area contributed by atoms with Crippen LogP contribution in [0.2, 0.25) is 0 Å². The SMILES string of the molecule is NCC1CN(S(=O)(=O)c2cccc3ccccc23)C1. The van der Waals surface area contributed by atoms with E-state index < -0.39 is 10.0 Å². The lowest BCUT2D eigenvalue weighted by atomic mass is 10.0. The molecule has 0 atom stereocenters. The summed E-state index contributed by atoms with van der Waals surface area (Å²) in [5, 5.41) is 1.72. The largest absolute Gasteiger partial charge is 0.330 e. The molecule has 5 heteroatoms. The molecule has 19 heavy (non-hydrogen) atoms. The Kier molecular flexibility index (Phi) is 3.05. The highest BCUT2D eigenvalue weighted by Crippen LogP contribution is 2.29. The van der Waals surface area contributed by atoms with Crippen LogP contribution in [0.5, 0.6) is 0 Å². The molecular weight excluding hydrogens is 260 g/mol. The molecule has 2 N–H and O–H groups in total. The van der Waals surface area contributed by atoms with Crippen LogP contribution in [0.3, 0.4) is 0 Å². The minimum absolute atomic E-state index is 0.296. The van der Waals surface area contributed by atoms with E-state index in [0.717, 1.165) is 10.8 Å². The summed E-state index contributed by atoms with van der Waals surface area (Å²) in [6, 6.07) is 12.9. The zero-order chi connectivity index (χ0) is 13.5. The van der Waals surface area contributed by atoms with E-state index in [0.29, 0.717) is 30.4 Å². The number of nitrogens with zero attached hydrogens (tertiary/aromatic N) is 1. The van der Waals surface area contributed by atoms with Gasteiger partial charge in [-0.3, -0.25) is 0 Å². The van der Waals surface area contributed by atoms with Gasteiger partial charge in [0.25, 0.3) is 0 Å². The van der Waals surface area contributed by atoms with Crippen LogP contribution in [0, 0.1) is 5.92 Å². The molecule has 0 bridgehead atoms. The molecule has 0 saturated carbocycles. The average molecular weight is 276 g/mol. The fraction of sp³-hybridized carbons (Fsp3) is 0.286. The smallest absolute Gasteiger partial charge is 0.243 e. The first-order valence-corrected chi connectivity index (χ1v) is 7.75. The van der Waals surface area contributed by atoms with E-state index in [1.807, 2.05) is 30.3 Å². The first kappa shape index (κ1) is 12.6. The summed E-state index contributed by atoms with van der Waals surface area (Å²) in [6.07, 6.45) is 0. The van der Waals surface area contributed by atoms with Crippen LogP contribution >= 0.6 is 0 Å². The van der Waals surface area contributed by atoms with Crippen molar-refractivity contribution in [3.63, 3.8) is 0 Å². The highest BCUT2D eigenvalue weighted by Gasteiger charge is 2.36. The number of hydrogen-bond donors (Lipinski definition) is 1.